The van der Waals surface area contributed by atoms with Gasteiger partial charge in [0.25, 0.3) is 5.91 Å². The van der Waals surface area contributed by atoms with Crippen LogP contribution in [0, 0.1) is 6.92 Å². The molecule has 1 N–H and O–H groups in total. The Morgan fingerprint density at radius 2 is 2.08 bits per heavy atom. The zero-order chi connectivity index (χ0) is 17.9. The van der Waals surface area contributed by atoms with Gasteiger partial charge in [-0.3, -0.25) is 9.48 Å². The third-order valence-electron chi connectivity index (χ3n) is 3.60. The van der Waals surface area contributed by atoms with Crippen LogP contribution >= 0.6 is 23.2 Å². The molecule has 2 aromatic rings. The molecule has 1 aromatic heterocycles. The Morgan fingerprint density at radius 3 is 2.67 bits per heavy atom. The summed E-state index contributed by atoms with van der Waals surface area (Å²) in [7, 11) is 1.72. The molecule has 2 rings (SSSR count). The van der Waals surface area contributed by atoms with E-state index in [4.69, 9.17) is 27.9 Å². The number of benzene rings is 1. The molecule has 6 nitrogen and oxygen atoms in total. The topological polar surface area (TPSA) is 73.2 Å². The van der Waals surface area contributed by atoms with Crippen LogP contribution in [0.2, 0.25) is 10.0 Å². The molecule has 0 radical (unpaired) electrons. The second kappa shape index (κ2) is 7.68. The van der Waals surface area contributed by atoms with Gasteiger partial charge in [0.05, 0.1) is 12.2 Å². The summed E-state index contributed by atoms with van der Waals surface area (Å²) in [6.45, 7) is 3.14. The Hall–Kier alpha value is -2.05. The Balaban J connectivity index is 1.91. The molecular weight excluding hydrogens is 353 g/mol. The average Bonchev–Trinajstić information content (AvgIpc) is 2.84. The lowest BCUT2D eigenvalue weighted by Gasteiger charge is -2.16. The van der Waals surface area contributed by atoms with Gasteiger partial charge in [0.2, 0.25) is 0 Å². The molecule has 1 aromatic carbocycles. The van der Waals surface area contributed by atoms with Crippen molar-refractivity contribution >= 4 is 35.1 Å². The number of esters is 1. The first kappa shape index (κ1) is 18.3. The summed E-state index contributed by atoms with van der Waals surface area (Å²) in [5.41, 5.74) is 1.73. The number of halogens is 2. The summed E-state index contributed by atoms with van der Waals surface area (Å²) in [5, 5.41) is 7.65. The fraction of sp³-hybridized carbons (Fsp3) is 0.312. The zero-order valence-electron chi connectivity index (χ0n) is 13.5. The van der Waals surface area contributed by atoms with Gasteiger partial charge in [-0.05, 0) is 31.5 Å². The van der Waals surface area contributed by atoms with E-state index < -0.39 is 11.9 Å². The van der Waals surface area contributed by atoms with Gasteiger partial charge in [0, 0.05) is 22.8 Å². The molecule has 0 aliphatic heterocycles. The van der Waals surface area contributed by atoms with Crippen LogP contribution in [0.1, 0.15) is 34.6 Å². The van der Waals surface area contributed by atoms with Crippen LogP contribution in [0.5, 0.6) is 0 Å². The number of nitrogens with one attached hydrogen (secondary N) is 1. The highest BCUT2D eigenvalue weighted by Crippen LogP contribution is 2.25. The van der Waals surface area contributed by atoms with Gasteiger partial charge in [0.15, 0.2) is 6.61 Å². The lowest BCUT2D eigenvalue weighted by atomic mass is 10.1. The predicted molar refractivity (Wildman–Crippen MR) is 91.2 cm³/mol. The van der Waals surface area contributed by atoms with Crippen LogP contribution < -0.4 is 5.32 Å². The van der Waals surface area contributed by atoms with E-state index in [0.29, 0.717) is 21.3 Å². The van der Waals surface area contributed by atoms with Gasteiger partial charge in [0.1, 0.15) is 5.56 Å². The van der Waals surface area contributed by atoms with E-state index in [-0.39, 0.29) is 12.6 Å². The first-order valence-corrected chi connectivity index (χ1v) is 7.95. The molecule has 128 valence electrons. The van der Waals surface area contributed by atoms with E-state index in [1.54, 1.807) is 43.8 Å². The third-order valence-corrected chi connectivity index (χ3v) is 4.16. The maximum Gasteiger partial charge on any atom is 0.342 e. The monoisotopic (exact) mass is 369 g/mol. The fourth-order valence-electron chi connectivity index (χ4n) is 2.12. The highest BCUT2D eigenvalue weighted by molar-refractivity contribution is 6.35. The van der Waals surface area contributed by atoms with E-state index in [0.717, 1.165) is 5.56 Å². The number of hydrogen-bond acceptors (Lipinski definition) is 4. The van der Waals surface area contributed by atoms with Crippen LogP contribution in [0.15, 0.2) is 24.4 Å². The maximum atomic E-state index is 12.0. The van der Waals surface area contributed by atoms with E-state index in [9.17, 15) is 9.59 Å². The number of carbonyl (C=O) groups excluding carboxylic acids is 2. The minimum atomic E-state index is -0.590. The molecule has 0 aliphatic carbocycles. The lowest BCUT2D eigenvalue weighted by Crippen LogP contribution is -2.31. The van der Waals surface area contributed by atoms with Crippen molar-refractivity contribution in [1.29, 1.82) is 0 Å². The number of hydrogen-bond donors (Lipinski definition) is 1. The summed E-state index contributed by atoms with van der Waals surface area (Å²) < 4.78 is 6.57. The Labute approximate surface area is 149 Å². The first-order chi connectivity index (χ1) is 11.3. The highest BCUT2D eigenvalue weighted by atomic mass is 35.5. The Morgan fingerprint density at radius 1 is 1.38 bits per heavy atom. The van der Waals surface area contributed by atoms with Crippen molar-refractivity contribution in [2.45, 2.75) is 19.9 Å². The molecule has 0 saturated carbocycles. The molecule has 0 spiro atoms. The fourth-order valence-corrected chi connectivity index (χ4v) is 2.69. The van der Waals surface area contributed by atoms with Crippen molar-refractivity contribution in [3.63, 3.8) is 0 Å². The van der Waals surface area contributed by atoms with Crippen LogP contribution in [-0.2, 0) is 16.6 Å². The lowest BCUT2D eigenvalue weighted by molar-refractivity contribution is -0.124. The van der Waals surface area contributed by atoms with Crippen LogP contribution in [-0.4, -0.2) is 28.3 Å². The predicted octanol–water partition coefficient (Wildman–Crippen LogP) is 3.07. The minimum absolute atomic E-state index is 0.332. The summed E-state index contributed by atoms with van der Waals surface area (Å²) >= 11 is 12.0. The largest absolute Gasteiger partial charge is 0.452 e. The number of aromatic nitrogens is 2. The van der Waals surface area contributed by atoms with Crippen molar-refractivity contribution in [3.8, 4) is 0 Å². The molecule has 0 saturated heterocycles. The summed E-state index contributed by atoms with van der Waals surface area (Å²) in [5.74, 6) is -1.02. The minimum Gasteiger partial charge on any atom is -0.452 e. The second-order valence-corrected chi connectivity index (χ2v) is 6.14. The molecule has 24 heavy (non-hydrogen) atoms. The molecule has 0 unspecified atom stereocenters. The van der Waals surface area contributed by atoms with Crippen LogP contribution in [0.3, 0.4) is 0 Å². The van der Waals surface area contributed by atoms with E-state index in [1.807, 2.05) is 0 Å². The third kappa shape index (κ3) is 4.27. The molecular formula is C16H17Cl2N3O3. The van der Waals surface area contributed by atoms with Crippen molar-refractivity contribution in [2.24, 2.45) is 7.05 Å². The summed E-state index contributed by atoms with van der Waals surface area (Å²) in [6, 6.07) is 4.69. The maximum absolute atomic E-state index is 12.0. The standard InChI is InChI=1S/C16H17Cl2N3O3/c1-9(12-5-4-11(17)6-14(12)18)20-15(22)8-24-16(23)13-7-19-21(3)10(13)2/h4-7,9H,8H2,1-3H3,(H,20,22)/t9-/m1/s1. The number of rotatable bonds is 5. The van der Waals surface area contributed by atoms with Gasteiger partial charge in [-0.1, -0.05) is 29.3 Å². The quantitative estimate of drug-likeness (QED) is 0.821. The zero-order valence-corrected chi connectivity index (χ0v) is 15.0. The summed E-state index contributed by atoms with van der Waals surface area (Å²) in [6.07, 6.45) is 1.41. The average molecular weight is 370 g/mol. The number of nitrogens with zero attached hydrogens (tertiary/aromatic N) is 2. The van der Waals surface area contributed by atoms with Crippen LogP contribution in [0.4, 0.5) is 0 Å². The SMILES string of the molecule is Cc1c(C(=O)OCC(=O)N[C@H](C)c2ccc(Cl)cc2Cl)cnn1C. The molecule has 0 bridgehead atoms. The van der Waals surface area contributed by atoms with Gasteiger partial charge in [-0.2, -0.15) is 5.10 Å². The van der Waals surface area contributed by atoms with Crippen molar-refractivity contribution in [1.82, 2.24) is 15.1 Å². The van der Waals surface area contributed by atoms with Gasteiger partial charge in [-0.25, -0.2) is 4.79 Å². The number of ether oxygens (including phenoxy) is 1. The molecule has 1 amide bonds. The van der Waals surface area contributed by atoms with Gasteiger partial charge in [-0.15, -0.1) is 0 Å². The van der Waals surface area contributed by atoms with Crippen molar-refractivity contribution in [3.05, 3.63) is 51.3 Å². The number of carbonyl (C=O) groups is 2. The molecule has 8 heteroatoms. The molecule has 0 fully saturated rings. The van der Waals surface area contributed by atoms with Crippen LogP contribution in [0.25, 0.3) is 0 Å². The normalized spacial score (nSPS) is 11.9. The van der Waals surface area contributed by atoms with Crippen molar-refractivity contribution < 1.29 is 14.3 Å². The molecule has 1 heterocycles. The highest BCUT2D eigenvalue weighted by Gasteiger charge is 2.17. The second-order valence-electron chi connectivity index (χ2n) is 5.30. The van der Waals surface area contributed by atoms with E-state index in [2.05, 4.69) is 10.4 Å². The number of amides is 1. The Bertz CT molecular complexity index is 774. The molecule has 1 atom stereocenters. The van der Waals surface area contributed by atoms with Gasteiger partial charge < -0.3 is 10.1 Å². The van der Waals surface area contributed by atoms with Crippen molar-refractivity contribution in [2.75, 3.05) is 6.61 Å². The Kier molecular flexibility index (Phi) is 5.85. The summed E-state index contributed by atoms with van der Waals surface area (Å²) in [4.78, 5) is 23.9. The molecule has 0 aliphatic rings. The van der Waals surface area contributed by atoms with E-state index >= 15 is 0 Å². The van der Waals surface area contributed by atoms with Gasteiger partial charge >= 0.3 is 5.97 Å². The smallest absolute Gasteiger partial charge is 0.342 e. The number of aryl methyl sites for hydroxylation is 1. The first-order valence-electron chi connectivity index (χ1n) is 7.19. The van der Waals surface area contributed by atoms with E-state index in [1.165, 1.54) is 6.20 Å².